The molecule has 18 heavy (non-hydrogen) atoms. The summed E-state index contributed by atoms with van der Waals surface area (Å²) < 4.78 is 0. The maximum absolute atomic E-state index is 4.42. The molecule has 0 fully saturated rings. The van der Waals surface area contributed by atoms with Gasteiger partial charge in [0.15, 0.2) is 0 Å². The number of nitrogens with one attached hydrogen (secondary N) is 1. The zero-order valence-corrected chi connectivity index (χ0v) is 10.7. The first kappa shape index (κ1) is 11.3. The van der Waals surface area contributed by atoms with E-state index in [2.05, 4.69) is 47.6 Å². The summed E-state index contributed by atoms with van der Waals surface area (Å²) >= 11 is 0. The Balaban J connectivity index is 1.75. The van der Waals surface area contributed by atoms with Crippen molar-refractivity contribution < 1.29 is 0 Å². The second kappa shape index (κ2) is 4.81. The van der Waals surface area contributed by atoms with Crippen LogP contribution in [0.25, 0.3) is 0 Å². The van der Waals surface area contributed by atoms with E-state index in [1.165, 1.54) is 29.5 Å². The molecule has 2 heteroatoms. The van der Waals surface area contributed by atoms with Crippen molar-refractivity contribution in [2.24, 2.45) is 0 Å². The van der Waals surface area contributed by atoms with E-state index in [9.17, 15) is 0 Å². The van der Waals surface area contributed by atoms with Crippen LogP contribution in [0.3, 0.4) is 0 Å². The molecular weight excluding hydrogens is 220 g/mol. The molecule has 3 rings (SSSR count). The highest BCUT2D eigenvalue weighted by Gasteiger charge is 2.18. The van der Waals surface area contributed by atoms with Crippen LogP contribution in [0.4, 0.5) is 5.82 Å². The summed E-state index contributed by atoms with van der Waals surface area (Å²) in [6.45, 7) is 2.10. The van der Waals surface area contributed by atoms with Gasteiger partial charge in [-0.1, -0.05) is 30.3 Å². The minimum Gasteiger partial charge on any atom is -0.367 e. The van der Waals surface area contributed by atoms with Gasteiger partial charge in [-0.2, -0.15) is 0 Å². The summed E-state index contributed by atoms with van der Waals surface area (Å²) in [6, 6.07) is 13.4. The normalized spacial score (nSPS) is 18.2. The number of benzene rings is 1. The smallest absolute Gasteiger partial charge is 0.129 e. The van der Waals surface area contributed by atoms with Crippen molar-refractivity contribution in [3.63, 3.8) is 0 Å². The van der Waals surface area contributed by atoms with Crippen molar-refractivity contribution in [2.45, 2.75) is 32.2 Å². The van der Waals surface area contributed by atoms with Gasteiger partial charge in [0.1, 0.15) is 5.82 Å². The van der Waals surface area contributed by atoms with Gasteiger partial charge >= 0.3 is 0 Å². The fraction of sp³-hybridized carbons (Fsp3) is 0.312. The van der Waals surface area contributed by atoms with E-state index in [0.29, 0.717) is 6.04 Å². The molecule has 0 saturated carbocycles. The van der Waals surface area contributed by atoms with E-state index in [4.69, 9.17) is 0 Å². The van der Waals surface area contributed by atoms with E-state index < -0.39 is 0 Å². The predicted molar refractivity (Wildman–Crippen MR) is 74.9 cm³/mol. The SMILES string of the molecule is Cc1cccnc1NC1CCc2ccccc2C1. The number of pyridine rings is 1. The number of aryl methyl sites for hydroxylation is 2. The van der Waals surface area contributed by atoms with Crippen LogP contribution in [0.2, 0.25) is 0 Å². The van der Waals surface area contributed by atoms with Crippen LogP contribution in [-0.2, 0) is 12.8 Å². The second-order valence-corrected chi connectivity index (χ2v) is 5.02. The molecule has 1 aliphatic carbocycles. The summed E-state index contributed by atoms with van der Waals surface area (Å²) in [5.41, 5.74) is 4.21. The molecule has 0 radical (unpaired) electrons. The van der Waals surface area contributed by atoms with Gasteiger partial charge in [-0.25, -0.2) is 4.98 Å². The molecule has 0 spiro atoms. The van der Waals surface area contributed by atoms with Crippen molar-refractivity contribution in [3.05, 3.63) is 59.3 Å². The van der Waals surface area contributed by atoms with E-state index in [1.807, 2.05) is 12.3 Å². The Bertz CT molecular complexity index is 548. The first-order valence-corrected chi connectivity index (χ1v) is 6.58. The number of hydrogen-bond acceptors (Lipinski definition) is 2. The number of aromatic nitrogens is 1. The van der Waals surface area contributed by atoms with Crippen molar-refractivity contribution >= 4 is 5.82 Å². The van der Waals surface area contributed by atoms with E-state index in [1.54, 1.807) is 0 Å². The standard InChI is InChI=1S/C16H18N2/c1-12-5-4-10-17-16(12)18-15-9-8-13-6-2-3-7-14(13)11-15/h2-7,10,15H,8-9,11H2,1H3,(H,17,18). The van der Waals surface area contributed by atoms with Gasteiger partial charge in [-0.05, 0) is 48.9 Å². The molecule has 0 aliphatic heterocycles. The van der Waals surface area contributed by atoms with Gasteiger partial charge in [-0.15, -0.1) is 0 Å². The molecule has 1 aromatic heterocycles. The molecule has 92 valence electrons. The fourth-order valence-electron chi connectivity index (χ4n) is 2.65. The number of anilines is 1. The lowest BCUT2D eigenvalue weighted by molar-refractivity contribution is 0.608. The molecule has 1 N–H and O–H groups in total. The van der Waals surface area contributed by atoms with E-state index >= 15 is 0 Å². The van der Waals surface area contributed by atoms with E-state index in [-0.39, 0.29) is 0 Å². The lowest BCUT2D eigenvalue weighted by Crippen LogP contribution is -2.28. The van der Waals surface area contributed by atoms with Crippen LogP contribution in [0.1, 0.15) is 23.1 Å². The third-order valence-electron chi connectivity index (χ3n) is 3.70. The summed E-state index contributed by atoms with van der Waals surface area (Å²) in [4.78, 5) is 4.42. The number of fused-ring (bicyclic) bond motifs is 1. The Hall–Kier alpha value is -1.83. The van der Waals surface area contributed by atoms with Gasteiger partial charge in [0.2, 0.25) is 0 Å². The molecular formula is C16H18N2. The molecule has 0 amide bonds. The second-order valence-electron chi connectivity index (χ2n) is 5.02. The van der Waals surface area contributed by atoms with Crippen molar-refractivity contribution in [2.75, 3.05) is 5.32 Å². The quantitative estimate of drug-likeness (QED) is 0.867. The average Bonchev–Trinajstić information content (AvgIpc) is 2.41. The highest BCUT2D eigenvalue weighted by atomic mass is 15.0. The minimum atomic E-state index is 0.508. The van der Waals surface area contributed by atoms with Crippen molar-refractivity contribution in [1.29, 1.82) is 0 Å². The van der Waals surface area contributed by atoms with Crippen LogP contribution in [0, 0.1) is 6.92 Å². The highest BCUT2D eigenvalue weighted by molar-refractivity contribution is 5.44. The maximum Gasteiger partial charge on any atom is 0.129 e. The van der Waals surface area contributed by atoms with Gasteiger partial charge < -0.3 is 5.32 Å². The first-order chi connectivity index (χ1) is 8.83. The number of nitrogens with zero attached hydrogens (tertiary/aromatic N) is 1. The average molecular weight is 238 g/mol. The predicted octanol–water partition coefficient (Wildman–Crippen LogP) is 3.36. The summed E-state index contributed by atoms with van der Waals surface area (Å²) in [6.07, 6.45) is 5.31. The minimum absolute atomic E-state index is 0.508. The van der Waals surface area contributed by atoms with Crippen LogP contribution >= 0.6 is 0 Å². The Morgan fingerprint density at radius 1 is 1.11 bits per heavy atom. The third kappa shape index (κ3) is 2.23. The van der Waals surface area contributed by atoms with Crippen LogP contribution in [0.5, 0.6) is 0 Å². The fourth-order valence-corrected chi connectivity index (χ4v) is 2.65. The Morgan fingerprint density at radius 2 is 1.94 bits per heavy atom. The summed E-state index contributed by atoms with van der Waals surface area (Å²) in [5.74, 6) is 1.03. The molecule has 2 aromatic rings. The van der Waals surface area contributed by atoms with Gasteiger partial charge in [0.05, 0.1) is 0 Å². The lowest BCUT2D eigenvalue weighted by Gasteiger charge is -2.26. The molecule has 2 nitrogen and oxygen atoms in total. The molecule has 1 aromatic carbocycles. The van der Waals surface area contributed by atoms with E-state index in [0.717, 1.165) is 12.2 Å². The Labute approximate surface area is 108 Å². The first-order valence-electron chi connectivity index (χ1n) is 6.58. The molecule has 0 bridgehead atoms. The topological polar surface area (TPSA) is 24.9 Å². The molecule has 1 aliphatic rings. The van der Waals surface area contributed by atoms with Crippen LogP contribution in [-0.4, -0.2) is 11.0 Å². The van der Waals surface area contributed by atoms with Crippen LogP contribution < -0.4 is 5.32 Å². The molecule has 1 unspecified atom stereocenters. The van der Waals surface area contributed by atoms with Crippen molar-refractivity contribution in [3.8, 4) is 0 Å². The zero-order valence-electron chi connectivity index (χ0n) is 10.7. The van der Waals surface area contributed by atoms with Gasteiger partial charge in [0.25, 0.3) is 0 Å². The van der Waals surface area contributed by atoms with Crippen molar-refractivity contribution in [1.82, 2.24) is 4.98 Å². The molecule has 0 saturated heterocycles. The molecule has 1 atom stereocenters. The lowest BCUT2D eigenvalue weighted by atomic mass is 9.88. The van der Waals surface area contributed by atoms with Gasteiger partial charge in [0, 0.05) is 12.2 Å². The Morgan fingerprint density at radius 3 is 2.78 bits per heavy atom. The number of hydrogen-bond donors (Lipinski definition) is 1. The van der Waals surface area contributed by atoms with Gasteiger partial charge in [-0.3, -0.25) is 0 Å². The van der Waals surface area contributed by atoms with Crippen LogP contribution in [0.15, 0.2) is 42.6 Å². The monoisotopic (exact) mass is 238 g/mol. The zero-order chi connectivity index (χ0) is 12.4. The number of rotatable bonds is 2. The third-order valence-corrected chi connectivity index (χ3v) is 3.70. The largest absolute Gasteiger partial charge is 0.367 e. The highest BCUT2D eigenvalue weighted by Crippen LogP contribution is 2.23. The summed E-state index contributed by atoms with van der Waals surface area (Å²) in [5, 5.41) is 3.58. The molecule has 1 heterocycles. The summed E-state index contributed by atoms with van der Waals surface area (Å²) in [7, 11) is 0. The Kier molecular flexibility index (Phi) is 3.01. The maximum atomic E-state index is 4.42.